The molecule has 4 nitrogen and oxygen atoms in total. The quantitative estimate of drug-likeness (QED) is 0.826. The van der Waals surface area contributed by atoms with E-state index in [2.05, 4.69) is 4.98 Å². The number of benzene rings is 1. The maximum atomic E-state index is 12.0. The van der Waals surface area contributed by atoms with Crippen LogP contribution in [0.1, 0.15) is 5.69 Å². The zero-order valence-corrected chi connectivity index (χ0v) is 12.3. The Labute approximate surface area is 119 Å². The fraction of sp³-hybridized carbons (Fsp3) is 0.308. The highest BCUT2D eigenvalue weighted by Crippen LogP contribution is 2.18. The first kappa shape index (κ1) is 14.3. The van der Waals surface area contributed by atoms with E-state index < -0.39 is 10.8 Å². The molecule has 2 aromatic rings. The third-order valence-corrected chi connectivity index (χ3v) is 5.39. The molecule has 0 bridgehead atoms. The summed E-state index contributed by atoms with van der Waals surface area (Å²) in [7, 11) is 0.904. The summed E-state index contributed by atoms with van der Waals surface area (Å²) in [4.78, 5) is 5.08. The van der Waals surface area contributed by atoms with E-state index in [0.29, 0.717) is 5.75 Å². The molecule has 0 radical (unpaired) electrons. The van der Waals surface area contributed by atoms with Gasteiger partial charge in [-0.05, 0) is 12.1 Å². The first-order valence-corrected chi connectivity index (χ1v) is 8.20. The largest absolute Gasteiger partial charge is 0.390 e. The van der Waals surface area contributed by atoms with Crippen LogP contribution in [0.5, 0.6) is 0 Å². The summed E-state index contributed by atoms with van der Waals surface area (Å²) in [5, 5.41) is 9.92. The highest BCUT2D eigenvalue weighted by atomic mass is 32.2. The summed E-state index contributed by atoms with van der Waals surface area (Å²) in [6, 6.07) is 9.47. The van der Waals surface area contributed by atoms with Gasteiger partial charge in [0.2, 0.25) is 0 Å². The van der Waals surface area contributed by atoms with Crippen LogP contribution < -0.4 is 0 Å². The number of aliphatic hydroxyl groups excluding tert-OH is 1. The van der Waals surface area contributed by atoms with Crippen molar-refractivity contribution in [2.24, 2.45) is 7.05 Å². The third kappa shape index (κ3) is 3.68. The zero-order valence-electron chi connectivity index (χ0n) is 10.7. The minimum atomic E-state index is -0.966. The molecule has 1 atom stereocenters. The molecule has 1 unspecified atom stereocenters. The molecule has 1 heterocycles. The Morgan fingerprint density at radius 3 is 2.74 bits per heavy atom. The lowest BCUT2D eigenvalue weighted by Gasteiger charge is -2.04. The van der Waals surface area contributed by atoms with Crippen molar-refractivity contribution in [1.82, 2.24) is 9.55 Å². The molecule has 6 heteroatoms. The van der Waals surface area contributed by atoms with Gasteiger partial charge < -0.3 is 9.67 Å². The summed E-state index contributed by atoms with van der Waals surface area (Å²) >= 11 is 1.55. The second-order valence-corrected chi connectivity index (χ2v) is 6.59. The number of aromatic nitrogens is 2. The Bertz CT molecular complexity index is 555. The van der Waals surface area contributed by atoms with Gasteiger partial charge >= 0.3 is 0 Å². The van der Waals surface area contributed by atoms with Crippen LogP contribution in [0.15, 0.2) is 46.6 Å². The average Bonchev–Trinajstić information content (AvgIpc) is 2.80. The number of hydrogen-bond acceptors (Lipinski definition) is 4. The van der Waals surface area contributed by atoms with Crippen molar-refractivity contribution in [3.63, 3.8) is 0 Å². The molecule has 1 aromatic heterocycles. The van der Waals surface area contributed by atoms with Crippen LogP contribution in [0.25, 0.3) is 0 Å². The molecule has 0 amide bonds. The van der Waals surface area contributed by atoms with E-state index in [1.807, 2.05) is 41.9 Å². The molecule has 0 aliphatic heterocycles. The summed E-state index contributed by atoms with van der Waals surface area (Å²) in [5.74, 6) is 1.33. The topological polar surface area (TPSA) is 55.1 Å². The Morgan fingerprint density at radius 1 is 1.37 bits per heavy atom. The summed E-state index contributed by atoms with van der Waals surface area (Å²) in [6.45, 7) is -0.0139. The second-order valence-electron chi connectivity index (χ2n) is 3.96. The van der Waals surface area contributed by atoms with Gasteiger partial charge in [-0.1, -0.05) is 30.0 Å². The van der Waals surface area contributed by atoms with Crippen molar-refractivity contribution >= 4 is 22.6 Å². The minimum absolute atomic E-state index is 0.0139. The predicted molar refractivity (Wildman–Crippen MR) is 77.6 cm³/mol. The first-order valence-electron chi connectivity index (χ1n) is 5.90. The van der Waals surface area contributed by atoms with Crippen molar-refractivity contribution in [1.29, 1.82) is 0 Å². The highest BCUT2D eigenvalue weighted by Gasteiger charge is 2.08. The molecule has 0 aliphatic rings. The Balaban J connectivity index is 1.87. The van der Waals surface area contributed by atoms with Crippen molar-refractivity contribution in [2.45, 2.75) is 16.7 Å². The van der Waals surface area contributed by atoms with Gasteiger partial charge in [-0.2, -0.15) is 0 Å². The number of imidazole rings is 1. The Morgan fingerprint density at radius 2 is 2.11 bits per heavy atom. The molecule has 102 valence electrons. The number of thioether (sulfide) groups is 1. The molecule has 0 saturated carbocycles. The van der Waals surface area contributed by atoms with Crippen LogP contribution in [-0.2, 0) is 24.5 Å². The third-order valence-electron chi connectivity index (χ3n) is 2.71. The van der Waals surface area contributed by atoms with Gasteiger partial charge in [0.1, 0.15) is 0 Å². The minimum Gasteiger partial charge on any atom is -0.390 e. The lowest BCUT2D eigenvalue weighted by molar-refractivity contribution is 0.271. The number of hydrogen-bond donors (Lipinski definition) is 1. The van der Waals surface area contributed by atoms with Crippen LogP contribution in [0, 0.1) is 0 Å². The lowest BCUT2D eigenvalue weighted by Crippen LogP contribution is -2.02. The monoisotopic (exact) mass is 296 g/mol. The van der Waals surface area contributed by atoms with E-state index >= 15 is 0 Å². The van der Waals surface area contributed by atoms with Crippen LogP contribution in [-0.4, -0.2) is 30.4 Å². The van der Waals surface area contributed by atoms with E-state index in [1.165, 1.54) is 0 Å². The number of rotatable bonds is 6. The molecule has 0 fully saturated rings. The van der Waals surface area contributed by atoms with Crippen molar-refractivity contribution in [2.75, 3.05) is 11.5 Å². The van der Waals surface area contributed by atoms with E-state index in [0.717, 1.165) is 21.5 Å². The second kappa shape index (κ2) is 6.88. The van der Waals surface area contributed by atoms with Crippen LogP contribution in [0.4, 0.5) is 0 Å². The van der Waals surface area contributed by atoms with Crippen LogP contribution in [0.2, 0.25) is 0 Å². The fourth-order valence-electron chi connectivity index (χ4n) is 1.61. The molecule has 19 heavy (non-hydrogen) atoms. The van der Waals surface area contributed by atoms with Gasteiger partial charge in [0.25, 0.3) is 0 Å². The molecular formula is C13H16N2O2S2. The zero-order chi connectivity index (χ0) is 13.7. The molecule has 2 rings (SSSR count). The van der Waals surface area contributed by atoms with E-state index in [-0.39, 0.29) is 6.61 Å². The predicted octanol–water partition coefficient (Wildman–Crippen LogP) is 1.81. The van der Waals surface area contributed by atoms with Gasteiger partial charge in [-0.25, -0.2) is 4.98 Å². The molecule has 0 spiro atoms. The molecular weight excluding hydrogens is 280 g/mol. The Hall–Kier alpha value is -1.11. The van der Waals surface area contributed by atoms with E-state index in [1.54, 1.807) is 18.0 Å². The maximum absolute atomic E-state index is 12.0. The van der Waals surface area contributed by atoms with Gasteiger partial charge in [0, 0.05) is 23.4 Å². The number of nitrogens with zero attached hydrogens (tertiary/aromatic N) is 2. The molecule has 1 aromatic carbocycles. The van der Waals surface area contributed by atoms with Gasteiger partial charge in [0.15, 0.2) is 5.16 Å². The average molecular weight is 296 g/mol. The van der Waals surface area contributed by atoms with Crippen molar-refractivity contribution in [3.8, 4) is 0 Å². The van der Waals surface area contributed by atoms with Crippen LogP contribution in [0.3, 0.4) is 0 Å². The first-order chi connectivity index (χ1) is 9.22. The SMILES string of the molecule is Cn1c(CO)cnc1SCCS(=O)c1ccccc1. The molecule has 0 aliphatic carbocycles. The summed E-state index contributed by atoms with van der Waals surface area (Å²) in [6.07, 6.45) is 1.66. The standard InChI is InChI=1S/C13H16N2O2S2/c1-15-11(10-16)9-14-13(15)18-7-8-19(17)12-5-3-2-4-6-12/h2-6,9,16H,7-8,10H2,1H3. The molecule has 1 N–H and O–H groups in total. The van der Waals surface area contributed by atoms with Gasteiger partial charge in [-0.15, -0.1) is 0 Å². The van der Waals surface area contributed by atoms with Gasteiger partial charge in [0.05, 0.1) is 29.3 Å². The van der Waals surface area contributed by atoms with E-state index in [4.69, 9.17) is 5.11 Å². The number of aliphatic hydroxyl groups is 1. The van der Waals surface area contributed by atoms with Gasteiger partial charge in [-0.3, -0.25) is 4.21 Å². The van der Waals surface area contributed by atoms with Crippen LogP contribution >= 0.6 is 11.8 Å². The normalized spacial score (nSPS) is 12.5. The smallest absolute Gasteiger partial charge is 0.167 e. The van der Waals surface area contributed by atoms with Crippen molar-refractivity contribution in [3.05, 3.63) is 42.2 Å². The fourth-order valence-corrected chi connectivity index (χ4v) is 3.86. The summed E-state index contributed by atoms with van der Waals surface area (Å²) < 4.78 is 13.9. The highest BCUT2D eigenvalue weighted by molar-refractivity contribution is 8.00. The van der Waals surface area contributed by atoms with Crippen molar-refractivity contribution < 1.29 is 9.32 Å². The summed E-state index contributed by atoms with van der Waals surface area (Å²) in [5.41, 5.74) is 0.784. The molecule has 0 saturated heterocycles. The lowest BCUT2D eigenvalue weighted by atomic mass is 10.4. The Kier molecular flexibility index (Phi) is 5.18. The maximum Gasteiger partial charge on any atom is 0.167 e. The van der Waals surface area contributed by atoms with E-state index in [9.17, 15) is 4.21 Å².